The number of pyridine rings is 1. The van der Waals surface area contributed by atoms with E-state index < -0.39 is 16.1 Å². The van der Waals surface area contributed by atoms with Crippen molar-refractivity contribution in [3.8, 4) is 0 Å². The smallest absolute Gasteiger partial charge is 0.243 e. The Labute approximate surface area is 163 Å². The van der Waals surface area contributed by atoms with E-state index in [4.69, 9.17) is 0 Å². The molecule has 28 heavy (non-hydrogen) atoms. The summed E-state index contributed by atoms with van der Waals surface area (Å²) in [6, 6.07) is 13.2. The Bertz CT molecular complexity index is 1080. The van der Waals surface area contributed by atoms with Crippen LogP contribution in [0.25, 0.3) is 5.65 Å². The van der Waals surface area contributed by atoms with Gasteiger partial charge in [0, 0.05) is 25.7 Å². The van der Waals surface area contributed by atoms with Crippen LogP contribution in [-0.4, -0.2) is 52.4 Å². The van der Waals surface area contributed by atoms with Crippen LogP contribution in [0.15, 0.2) is 59.6 Å². The molecule has 0 radical (unpaired) electrons. The average molecular weight is 399 g/mol. The molecule has 0 aliphatic carbocycles. The van der Waals surface area contributed by atoms with E-state index in [2.05, 4.69) is 15.5 Å². The van der Waals surface area contributed by atoms with E-state index in [0.717, 1.165) is 11.5 Å². The number of aromatic nitrogens is 3. The minimum atomic E-state index is -3.68. The van der Waals surface area contributed by atoms with Crippen molar-refractivity contribution in [2.75, 3.05) is 13.1 Å². The molecule has 3 heterocycles. The first-order chi connectivity index (χ1) is 13.6. The molecule has 0 bridgehead atoms. The van der Waals surface area contributed by atoms with Gasteiger partial charge in [0.1, 0.15) is 11.9 Å². The minimum absolute atomic E-state index is 0.213. The fourth-order valence-corrected chi connectivity index (χ4v) is 5.17. The van der Waals surface area contributed by atoms with Crippen molar-refractivity contribution in [2.24, 2.45) is 0 Å². The van der Waals surface area contributed by atoms with Gasteiger partial charge in [0.25, 0.3) is 0 Å². The molecule has 1 N–H and O–H groups in total. The van der Waals surface area contributed by atoms with Crippen LogP contribution in [0.3, 0.4) is 0 Å². The van der Waals surface area contributed by atoms with Gasteiger partial charge in [-0.05, 0) is 37.1 Å². The number of hydrogen-bond acceptors (Lipinski definition) is 5. The Balaban J connectivity index is 1.41. The van der Waals surface area contributed by atoms with E-state index >= 15 is 0 Å². The summed E-state index contributed by atoms with van der Waals surface area (Å²) in [6.45, 7) is 0.717. The average Bonchev–Trinajstić information content (AvgIpc) is 3.37. The number of carbonyl (C=O) groups is 1. The number of carbonyl (C=O) groups excluding carboxylic acids is 1. The van der Waals surface area contributed by atoms with Crippen LogP contribution in [0.1, 0.15) is 18.7 Å². The van der Waals surface area contributed by atoms with Crippen molar-refractivity contribution in [3.05, 3.63) is 60.6 Å². The predicted molar refractivity (Wildman–Crippen MR) is 103 cm³/mol. The summed E-state index contributed by atoms with van der Waals surface area (Å²) in [6.07, 6.45) is 3.57. The van der Waals surface area contributed by atoms with Crippen molar-refractivity contribution in [1.29, 1.82) is 0 Å². The van der Waals surface area contributed by atoms with Gasteiger partial charge >= 0.3 is 0 Å². The second-order valence-corrected chi connectivity index (χ2v) is 8.56. The summed E-state index contributed by atoms with van der Waals surface area (Å²) in [4.78, 5) is 12.9. The second kappa shape index (κ2) is 7.69. The molecule has 9 heteroatoms. The summed E-state index contributed by atoms with van der Waals surface area (Å²) in [5, 5.41) is 11.1. The highest BCUT2D eigenvalue weighted by atomic mass is 32.2. The molecule has 1 atom stereocenters. The Morgan fingerprint density at radius 2 is 1.89 bits per heavy atom. The third-order valence-corrected chi connectivity index (χ3v) is 6.81. The lowest BCUT2D eigenvalue weighted by molar-refractivity contribution is -0.124. The number of benzene rings is 1. The second-order valence-electron chi connectivity index (χ2n) is 6.67. The Kier molecular flexibility index (Phi) is 5.10. The molecule has 1 unspecified atom stereocenters. The fraction of sp³-hybridized carbons (Fsp3) is 0.316. The predicted octanol–water partition coefficient (Wildman–Crippen LogP) is 1.24. The SMILES string of the molecule is O=C(NCCc1nnc2ccccn12)C1CCCN1S(=O)(=O)c1ccccc1. The summed E-state index contributed by atoms with van der Waals surface area (Å²) in [5.41, 5.74) is 0.750. The normalized spacial score (nSPS) is 17.8. The number of nitrogens with zero attached hydrogens (tertiary/aromatic N) is 4. The first kappa shape index (κ1) is 18.6. The lowest BCUT2D eigenvalue weighted by atomic mass is 10.2. The quantitative estimate of drug-likeness (QED) is 0.673. The number of sulfonamides is 1. The number of rotatable bonds is 6. The molecular weight excluding hydrogens is 378 g/mol. The van der Waals surface area contributed by atoms with Crippen molar-refractivity contribution >= 4 is 21.6 Å². The first-order valence-electron chi connectivity index (χ1n) is 9.20. The lowest BCUT2D eigenvalue weighted by Gasteiger charge is -2.23. The summed E-state index contributed by atoms with van der Waals surface area (Å²) in [7, 11) is -3.68. The molecule has 1 aromatic carbocycles. The van der Waals surface area contributed by atoms with Gasteiger partial charge < -0.3 is 5.32 Å². The number of amides is 1. The maximum atomic E-state index is 12.9. The van der Waals surface area contributed by atoms with E-state index in [-0.39, 0.29) is 10.8 Å². The van der Waals surface area contributed by atoms with Crippen molar-refractivity contribution in [2.45, 2.75) is 30.2 Å². The largest absolute Gasteiger partial charge is 0.354 e. The van der Waals surface area contributed by atoms with Crippen molar-refractivity contribution in [1.82, 2.24) is 24.2 Å². The molecule has 0 spiro atoms. The van der Waals surface area contributed by atoms with Gasteiger partial charge in [-0.15, -0.1) is 10.2 Å². The highest BCUT2D eigenvalue weighted by molar-refractivity contribution is 7.89. The zero-order valence-corrected chi connectivity index (χ0v) is 16.0. The van der Waals surface area contributed by atoms with Crippen molar-refractivity contribution in [3.63, 3.8) is 0 Å². The van der Waals surface area contributed by atoms with Gasteiger partial charge in [-0.3, -0.25) is 9.20 Å². The van der Waals surface area contributed by atoms with Crippen LogP contribution in [0.5, 0.6) is 0 Å². The van der Waals surface area contributed by atoms with Gasteiger partial charge in [0.2, 0.25) is 15.9 Å². The minimum Gasteiger partial charge on any atom is -0.354 e. The molecular formula is C19H21N5O3S. The molecule has 1 amide bonds. The topological polar surface area (TPSA) is 96.7 Å². The summed E-state index contributed by atoms with van der Waals surface area (Å²) in [5.74, 6) is 0.474. The maximum absolute atomic E-state index is 12.9. The highest BCUT2D eigenvalue weighted by Crippen LogP contribution is 2.26. The maximum Gasteiger partial charge on any atom is 0.243 e. The third-order valence-electron chi connectivity index (χ3n) is 4.89. The van der Waals surface area contributed by atoms with E-state index in [0.29, 0.717) is 32.4 Å². The van der Waals surface area contributed by atoms with Crippen LogP contribution >= 0.6 is 0 Å². The molecule has 0 saturated carbocycles. The van der Waals surface area contributed by atoms with Crippen molar-refractivity contribution < 1.29 is 13.2 Å². The Morgan fingerprint density at radius 3 is 2.71 bits per heavy atom. The van der Waals surface area contributed by atoms with E-state index in [1.165, 1.54) is 4.31 Å². The molecule has 1 saturated heterocycles. The van der Waals surface area contributed by atoms with Crippen LogP contribution in [0.2, 0.25) is 0 Å². The van der Waals surface area contributed by atoms with Crippen LogP contribution < -0.4 is 5.32 Å². The number of fused-ring (bicyclic) bond motifs is 1. The fourth-order valence-electron chi connectivity index (χ4n) is 3.49. The zero-order valence-electron chi connectivity index (χ0n) is 15.2. The molecule has 1 fully saturated rings. The standard InChI is InChI=1S/C19H21N5O3S/c25-19(20-12-11-18-22-21-17-10-4-5-13-23(17)18)16-9-6-14-24(16)28(26,27)15-7-2-1-3-8-15/h1-5,7-8,10,13,16H,6,9,11-12,14H2,(H,20,25). The summed E-state index contributed by atoms with van der Waals surface area (Å²) < 4.78 is 28.9. The molecule has 4 rings (SSSR count). The van der Waals surface area contributed by atoms with Crippen LogP contribution in [0, 0.1) is 0 Å². The van der Waals surface area contributed by atoms with Gasteiger partial charge in [-0.2, -0.15) is 4.31 Å². The lowest BCUT2D eigenvalue weighted by Crippen LogP contribution is -2.46. The van der Waals surface area contributed by atoms with E-state index in [1.807, 2.05) is 28.8 Å². The first-order valence-corrected chi connectivity index (χ1v) is 10.6. The third kappa shape index (κ3) is 3.50. The monoisotopic (exact) mass is 399 g/mol. The van der Waals surface area contributed by atoms with E-state index in [9.17, 15) is 13.2 Å². The van der Waals surface area contributed by atoms with Gasteiger partial charge in [0.15, 0.2) is 5.65 Å². The summed E-state index contributed by atoms with van der Waals surface area (Å²) >= 11 is 0. The zero-order chi connectivity index (χ0) is 19.6. The molecule has 1 aliphatic heterocycles. The highest BCUT2D eigenvalue weighted by Gasteiger charge is 2.39. The Morgan fingerprint density at radius 1 is 1.11 bits per heavy atom. The van der Waals surface area contributed by atoms with Crippen LogP contribution in [0.4, 0.5) is 0 Å². The van der Waals surface area contributed by atoms with Gasteiger partial charge in [-0.1, -0.05) is 24.3 Å². The van der Waals surface area contributed by atoms with Crippen LogP contribution in [-0.2, 0) is 21.2 Å². The molecule has 3 aromatic rings. The molecule has 8 nitrogen and oxygen atoms in total. The molecule has 1 aliphatic rings. The number of nitrogens with one attached hydrogen (secondary N) is 1. The van der Waals surface area contributed by atoms with E-state index in [1.54, 1.807) is 30.3 Å². The van der Waals surface area contributed by atoms with Gasteiger partial charge in [-0.25, -0.2) is 8.42 Å². The number of hydrogen-bond donors (Lipinski definition) is 1. The Hall–Kier alpha value is -2.78. The molecule has 2 aromatic heterocycles. The van der Waals surface area contributed by atoms with Gasteiger partial charge in [0.05, 0.1) is 4.90 Å². The molecule has 146 valence electrons.